The van der Waals surface area contributed by atoms with Crippen molar-refractivity contribution >= 4 is 11.6 Å². The lowest BCUT2D eigenvalue weighted by molar-refractivity contribution is 0.210. The van der Waals surface area contributed by atoms with E-state index in [1.807, 2.05) is 12.1 Å². The second-order valence-corrected chi connectivity index (χ2v) is 5.78. The van der Waals surface area contributed by atoms with Crippen LogP contribution in [0.15, 0.2) is 12.1 Å². The summed E-state index contributed by atoms with van der Waals surface area (Å²) in [4.78, 5) is 0. The molecule has 0 bridgehead atoms. The van der Waals surface area contributed by atoms with Gasteiger partial charge in [-0.15, -0.1) is 0 Å². The van der Waals surface area contributed by atoms with Crippen molar-refractivity contribution in [3.05, 3.63) is 22.7 Å². The Morgan fingerprint density at radius 3 is 2.75 bits per heavy atom. The second-order valence-electron chi connectivity index (χ2n) is 5.37. The van der Waals surface area contributed by atoms with Gasteiger partial charge in [-0.3, -0.25) is 0 Å². The molecule has 5 heteroatoms. The van der Waals surface area contributed by atoms with E-state index in [0.29, 0.717) is 42.2 Å². The molecule has 1 heterocycles. The Bertz CT molecular complexity index is 451. The summed E-state index contributed by atoms with van der Waals surface area (Å²) in [5.41, 5.74) is 1.03. The first-order chi connectivity index (χ1) is 9.61. The number of halogens is 1. The van der Waals surface area contributed by atoms with E-state index in [1.54, 1.807) is 0 Å². The number of fused-ring (bicyclic) bond motifs is 1. The molecular formula is C15H22ClNO3. The van der Waals surface area contributed by atoms with Gasteiger partial charge in [0.15, 0.2) is 11.5 Å². The largest absolute Gasteiger partial charge is 0.489 e. The summed E-state index contributed by atoms with van der Waals surface area (Å²) in [6.07, 6.45) is 0.860. The van der Waals surface area contributed by atoms with Gasteiger partial charge in [0.05, 0.1) is 24.8 Å². The van der Waals surface area contributed by atoms with Crippen molar-refractivity contribution in [1.29, 1.82) is 0 Å². The minimum absolute atomic E-state index is 0.0738. The summed E-state index contributed by atoms with van der Waals surface area (Å²) < 4.78 is 11.3. The van der Waals surface area contributed by atoms with Crippen LogP contribution in [0.4, 0.5) is 0 Å². The van der Waals surface area contributed by atoms with Gasteiger partial charge in [0.2, 0.25) is 0 Å². The van der Waals surface area contributed by atoms with Crippen LogP contribution in [0.3, 0.4) is 0 Å². The zero-order chi connectivity index (χ0) is 14.5. The molecule has 20 heavy (non-hydrogen) atoms. The molecule has 1 aliphatic heterocycles. The highest BCUT2D eigenvalue weighted by Gasteiger charge is 2.17. The molecule has 0 amide bonds. The van der Waals surface area contributed by atoms with Crippen molar-refractivity contribution < 1.29 is 14.6 Å². The number of nitrogens with one attached hydrogen (secondary N) is 1. The Balaban J connectivity index is 2.09. The average molecular weight is 300 g/mol. The molecule has 1 atom stereocenters. The van der Waals surface area contributed by atoms with E-state index in [4.69, 9.17) is 21.1 Å². The van der Waals surface area contributed by atoms with Crippen LogP contribution in [0.2, 0.25) is 5.02 Å². The van der Waals surface area contributed by atoms with E-state index in [2.05, 4.69) is 19.2 Å². The van der Waals surface area contributed by atoms with Gasteiger partial charge in [-0.2, -0.15) is 0 Å². The molecule has 2 rings (SSSR count). The predicted octanol–water partition coefficient (Wildman–Crippen LogP) is 2.61. The maximum absolute atomic E-state index is 9.33. The van der Waals surface area contributed by atoms with Crippen LogP contribution < -0.4 is 14.8 Å². The van der Waals surface area contributed by atoms with Gasteiger partial charge in [-0.25, -0.2) is 0 Å². The number of aliphatic hydroxyl groups is 1. The first-order valence-electron chi connectivity index (χ1n) is 7.04. The van der Waals surface area contributed by atoms with Gasteiger partial charge >= 0.3 is 0 Å². The minimum Gasteiger partial charge on any atom is -0.489 e. The molecule has 1 aromatic rings. The molecule has 0 aromatic heterocycles. The van der Waals surface area contributed by atoms with Gasteiger partial charge in [0.1, 0.15) is 0 Å². The fourth-order valence-electron chi connectivity index (χ4n) is 2.15. The number of rotatable bonds is 5. The molecule has 1 aromatic carbocycles. The number of benzene rings is 1. The van der Waals surface area contributed by atoms with Crippen molar-refractivity contribution in [2.24, 2.45) is 5.92 Å². The van der Waals surface area contributed by atoms with Gasteiger partial charge < -0.3 is 19.9 Å². The van der Waals surface area contributed by atoms with Crippen molar-refractivity contribution in [2.45, 2.75) is 32.9 Å². The molecule has 2 N–H and O–H groups in total. The molecular weight excluding hydrogens is 278 g/mol. The molecule has 0 fully saturated rings. The van der Waals surface area contributed by atoms with Crippen LogP contribution in [0, 0.1) is 5.92 Å². The number of ether oxygens (including phenoxy) is 2. The third-order valence-corrected chi connectivity index (χ3v) is 3.71. The standard InChI is InChI=1S/C15H22ClNO3/c1-10(2)13(9-18)17-8-11-6-12(16)15-14(7-11)19-4-3-5-20-15/h6-7,10,13,17-18H,3-5,8-9H2,1-2H3. The monoisotopic (exact) mass is 299 g/mol. The number of hydrogen-bond donors (Lipinski definition) is 2. The number of aliphatic hydroxyl groups excluding tert-OH is 1. The molecule has 0 saturated carbocycles. The lowest BCUT2D eigenvalue weighted by Crippen LogP contribution is -2.36. The van der Waals surface area contributed by atoms with E-state index < -0.39 is 0 Å². The van der Waals surface area contributed by atoms with Crippen LogP contribution in [0.25, 0.3) is 0 Å². The lowest BCUT2D eigenvalue weighted by Gasteiger charge is -2.20. The topological polar surface area (TPSA) is 50.7 Å². The SMILES string of the molecule is CC(C)C(CO)NCc1cc(Cl)c2c(c1)OCCCO2. The Labute approximate surface area is 125 Å². The van der Waals surface area contributed by atoms with E-state index in [-0.39, 0.29) is 12.6 Å². The van der Waals surface area contributed by atoms with E-state index in [1.165, 1.54) is 0 Å². The van der Waals surface area contributed by atoms with Gasteiger partial charge in [-0.05, 0) is 23.6 Å². The maximum Gasteiger partial charge on any atom is 0.179 e. The highest BCUT2D eigenvalue weighted by molar-refractivity contribution is 6.32. The Hall–Kier alpha value is -0.970. The van der Waals surface area contributed by atoms with Gasteiger partial charge in [0.25, 0.3) is 0 Å². The first-order valence-corrected chi connectivity index (χ1v) is 7.42. The zero-order valence-electron chi connectivity index (χ0n) is 12.0. The van der Waals surface area contributed by atoms with Crippen molar-refractivity contribution in [3.63, 3.8) is 0 Å². The Kier molecular flexibility index (Phi) is 5.52. The summed E-state index contributed by atoms with van der Waals surface area (Å²) in [7, 11) is 0. The highest BCUT2D eigenvalue weighted by atomic mass is 35.5. The van der Waals surface area contributed by atoms with Crippen molar-refractivity contribution in [2.75, 3.05) is 19.8 Å². The van der Waals surface area contributed by atoms with Crippen LogP contribution in [0.5, 0.6) is 11.5 Å². The summed E-state index contributed by atoms with van der Waals surface area (Å²) in [5.74, 6) is 1.71. The normalized spacial score (nSPS) is 16.1. The third kappa shape index (κ3) is 3.78. The molecule has 0 aliphatic carbocycles. The van der Waals surface area contributed by atoms with E-state index >= 15 is 0 Å². The van der Waals surface area contributed by atoms with Gasteiger partial charge in [0, 0.05) is 19.0 Å². The highest BCUT2D eigenvalue weighted by Crippen LogP contribution is 2.37. The summed E-state index contributed by atoms with van der Waals surface area (Å²) >= 11 is 6.25. The molecule has 4 nitrogen and oxygen atoms in total. The first kappa shape index (κ1) is 15.4. The fourth-order valence-corrected chi connectivity index (χ4v) is 2.43. The number of hydrogen-bond acceptors (Lipinski definition) is 4. The van der Waals surface area contributed by atoms with Crippen LogP contribution in [0.1, 0.15) is 25.8 Å². The molecule has 0 spiro atoms. The Morgan fingerprint density at radius 2 is 2.05 bits per heavy atom. The van der Waals surface area contributed by atoms with E-state index in [0.717, 1.165) is 12.0 Å². The molecule has 0 saturated heterocycles. The maximum atomic E-state index is 9.33. The lowest BCUT2D eigenvalue weighted by atomic mass is 10.0. The van der Waals surface area contributed by atoms with Crippen molar-refractivity contribution in [3.8, 4) is 11.5 Å². The smallest absolute Gasteiger partial charge is 0.179 e. The van der Waals surface area contributed by atoms with Crippen LogP contribution in [-0.2, 0) is 6.54 Å². The molecule has 112 valence electrons. The Morgan fingerprint density at radius 1 is 1.30 bits per heavy atom. The quantitative estimate of drug-likeness (QED) is 0.877. The summed E-state index contributed by atoms with van der Waals surface area (Å²) in [6.45, 7) is 6.19. The molecule has 0 radical (unpaired) electrons. The van der Waals surface area contributed by atoms with Gasteiger partial charge in [-0.1, -0.05) is 25.4 Å². The predicted molar refractivity (Wildman–Crippen MR) is 79.6 cm³/mol. The summed E-state index contributed by atoms with van der Waals surface area (Å²) in [5, 5.41) is 13.2. The van der Waals surface area contributed by atoms with Crippen molar-refractivity contribution in [1.82, 2.24) is 5.32 Å². The van der Waals surface area contributed by atoms with Crippen LogP contribution in [-0.4, -0.2) is 31.0 Å². The molecule has 1 unspecified atom stereocenters. The minimum atomic E-state index is 0.0738. The third-order valence-electron chi connectivity index (χ3n) is 3.43. The summed E-state index contributed by atoms with van der Waals surface area (Å²) in [6, 6.07) is 3.91. The fraction of sp³-hybridized carbons (Fsp3) is 0.600. The average Bonchev–Trinajstić information content (AvgIpc) is 2.64. The molecule has 1 aliphatic rings. The van der Waals surface area contributed by atoms with Crippen LogP contribution >= 0.6 is 11.6 Å². The second kappa shape index (κ2) is 7.16. The van der Waals surface area contributed by atoms with E-state index in [9.17, 15) is 5.11 Å². The zero-order valence-corrected chi connectivity index (χ0v) is 12.7.